The van der Waals surface area contributed by atoms with E-state index in [-0.39, 0.29) is 11.3 Å². The molecule has 0 spiro atoms. The van der Waals surface area contributed by atoms with Crippen molar-refractivity contribution in [3.63, 3.8) is 0 Å². The zero-order valence-electron chi connectivity index (χ0n) is 17.0. The predicted molar refractivity (Wildman–Crippen MR) is 119 cm³/mol. The molecule has 0 atom stereocenters. The highest BCUT2D eigenvalue weighted by Gasteiger charge is 2.15. The Morgan fingerprint density at radius 1 is 1.03 bits per heavy atom. The van der Waals surface area contributed by atoms with Gasteiger partial charge in [-0.2, -0.15) is 4.98 Å². The Morgan fingerprint density at radius 3 is 2.45 bits per heavy atom. The maximum atomic E-state index is 12.4. The lowest BCUT2D eigenvalue weighted by Crippen LogP contribution is -2.19. The van der Waals surface area contributed by atoms with Gasteiger partial charge in [0.15, 0.2) is 0 Å². The largest absolute Gasteiger partial charge is 0.356 e. The minimum absolute atomic E-state index is 0.126. The molecule has 1 aromatic heterocycles. The van der Waals surface area contributed by atoms with E-state index in [0.29, 0.717) is 11.6 Å². The van der Waals surface area contributed by atoms with Crippen molar-refractivity contribution in [1.29, 1.82) is 0 Å². The van der Waals surface area contributed by atoms with Gasteiger partial charge < -0.3 is 15.5 Å². The van der Waals surface area contributed by atoms with Gasteiger partial charge in [0.1, 0.15) is 5.82 Å². The van der Waals surface area contributed by atoms with Crippen LogP contribution in [0.2, 0.25) is 0 Å². The number of hydrogen-bond donors (Lipinski definition) is 2. The topological polar surface area (TPSA) is 113 Å². The summed E-state index contributed by atoms with van der Waals surface area (Å²) in [7, 11) is 0. The maximum absolute atomic E-state index is 12.4. The summed E-state index contributed by atoms with van der Waals surface area (Å²) in [5.41, 5.74) is 2.34. The number of nitro benzene ring substituents is 1. The van der Waals surface area contributed by atoms with Crippen LogP contribution in [0.4, 0.5) is 28.8 Å². The molecule has 1 aliphatic rings. The highest BCUT2D eigenvalue weighted by atomic mass is 16.6. The first-order chi connectivity index (χ1) is 15.0. The number of aromatic nitrogens is 2. The number of rotatable bonds is 6. The Hall–Kier alpha value is -4.01. The number of hydrogen-bond acceptors (Lipinski definition) is 7. The first-order valence-electron chi connectivity index (χ1n) is 10.0. The second-order valence-electron chi connectivity index (χ2n) is 7.35. The van der Waals surface area contributed by atoms with Crippen LogP contribution in [0.5, 0.6) is 0 Å². The van der Waals surface area contributed by atoms with Gasteiger partial charge in [-0.05, 0) is 50.1 Å². The lowest BCUT2D eigenvalue weighted by Gasteiger charge is -2.17. The molecule has 2 N–H and O–H groups in total. The average molecular weight is 418 g/mol. The Balaban J connectivity index is 1.43. The first kappa shape index (κ1) is 20.3. The van der Waals surface area contributed by atoms with Gasteiger partial charge >= 0.3 is 0 Å². The summed E-state index contributed by atoms with van der Waals surface area (Å²) < 4.78 is 0. The summed E-state index contributed by atoms with van der Waals surface area (Å²) in [6, 6.07) is 14.7. The number of nitro groups is 1. The van der Waals surface area contributed by atoms with Crippen LogP contribution in [0, 0.1) is 17.0 Å². The minimum Gasteiger partial charge on any atom is -0.356 e. The number of non-ortho nitro benzene ring substituents is 1. The van der Waals surface area contributed by atoms with Gasteiger partial charge in [-0.1, -0.05) is 6.07 Å². The van der Waals surface area contributed by atoms with Crippen molar-refractivity contribution >= 4 is 34.7 Å². The molecule has 1 aliphatic heterocycles. The lowest BCUT2D eigenvalue weighted by molar-refractivity contribution is -0.384. The fraction of sp³-hybridized carbons (Fsp3) is 0.227. The van der Waals surface area contributed by atoms with Gasteiger partial charge in [0.2, 0.25) is 5.95 Å². The van der Waals surface area contributed by atoms with Crippen molar-refractivity contribution in [1.82, 2.24) is 9.97 Å². The molecule has 2 aromatic carbocycles. The third kappa shape index (κ3) is 4.95. The third-order valence-electron chi connectivity index (χ3n) is 4.99. The number of amides is 1. The van der Waals surface area contributed by atoms with Crippen LogP contribution in [-0.2, 0) is 0 Å². The lowest BCUT2D eigenvalue weighted by atomic mass is 10.2. The van der Waals surface area contributed by atoms with Crippen LogP contribution >= 0.6 is 0 Å². The molecular weight excluding hydrogens is 396 g/mol. The number of benzene rings is 2. The van der Waals surface area contributed by atoms with Crippen LogP contribution in [0.25, 0.3) is 0 Å². The SMILES string of the molecule is Cc1cc(N2CCCC2)nc(Nc2ccc(NC(=O)c3cccc([N+](=O)[O-])c3)cc2)n1. The standard InChI is InChI=1S/C22H22N6O3/c1-15-13-20(27-11-2-3-12-27)26-22(23-15)25-18-9-7-17(8-10-18)24-21(29)16-5-4-6-19(14-16)28(30)31/h4-10,13-14H,2-3,11-12H2,1H3,(H,24,29)(H,23,25,26). The first-order valence-corrected chi connectivity index (χ1v) is 10.0. The van der Waals surface area contributed by atoms with E-state index in [1.165, 1.54) is 37.1 Å². The number of carbonyl (C=O) groups excluding carboxylic acids is 1. The molecule has 1 amide bonds. The molecule has 2 heterocycles. The number of nitrogens with zero attached hydrogens (tertiary/aromatic N) is 4. The molecule has 1 saturated heterocycles. The molecule has 1 fully saturated rings. The van der Waals surface area contributed by atoms with E-state index < -0.39 is 10.8 Å². The zero-order valence-corrected chi connectivity index (χ0v) is 17.0. The van der Waals surface area contributed by atoms with Crippen LogP contribution in [0.3, 0.4) is 0 Å². The van der Waals surface area contributed by atoms with E-state index >= 15 is 0 Å². The number of carbonyl (C=O) groups is 1. The summed E-state index contributed by atoms with van der Waals surface area (Å²) in [4.78, 5) is 34.1. The van der Waals surface area contributed by atoms with E-state index in [0.717, 1.165) is 30.3 Å². The minimum atomic E-state index is -0.528. The summed E-state index contributed by atoms with van der Waals surface area (Å²) in [5, 5.41) is 16.8. The molecule has 3 aromatic rings. The second kappa shape index (κ2) is 8.78. The van der Waals surface area contributed by atoms with Crippen molar-refractivity contribution in [3.05, 3.63) is 76.0 Å². The average Bonchev–Trinajstić information content (AvgIpc) is 3.30. The maximum Gasteiger partial charge on any atom is 0.270 e. The fourth-order valence-electron chi connectivity index (χ4n) is 3.45. The summed E-state index contributed by atoms with van der Waals surface area (Å²) in [6.45, 7) is 3.96. The molecule has 4 rings (SSSR count). The molecule has 158 valence electrons. The van der Waals surface area contributed by atoms with Gasteiger partial charge in [-0.25, -0.2) is 4.98 Å². The van der Waals surface area contributed by atoms with Gasteiger partial charge in [-0.3, -0.25) is 14.9 Å². The molecular formula is C22H22N6O3. The monoisotopic (exact) mass is 418 g/mol. The molecule has 31 heavy (non-hydrogen) atoms. The molecule has 0 saturated carbocycles. The number of anilines is 4. The molecule has 9 nitrogen and oxygen atoms in total. The van der Waals surface area contributed by atoms with Crippen molar-refractivity contribution < 1.29 is 9.72 Å². The van der Waals surface area contributed by atoms with Crippen LogP contribution < -0.4 is 15.5 Å². The second-order valence-corrected chi connectivity index (χ2v) is 7.35. The normalized spacial score (nSPS) is 13.1. The smallest absolute Gasteiger partial charge is 0.270 e. The van der Waals surface area contributed by atoms with E-state index in [4.69, 9.17) is 0 Å². The third-order valence-corrected chi connectivity index (χ3v) is 4.99. The van der Waals surface area contributed by atoms with Crippen molar-refractivity contribution in [2.75, 3.05) is 28.6 Å². The molecule has 0 radical (unpaired) electrons. The zero-order chi connectivity index (χ0) is 21.8. The van der Waals surface area contributed by atoms with E-state index in [9.17, 15) is 14.9 Å². The van der Waals surface area contributed by atoms with E-state index in [1.807, 2.05) is 25.1 Å². The summed E-state index contributed by atoms with van der Waals surface area (Å²) in [5.74, 6) is 1.03. The van der Waals surface area contributed by atoms with Crippen LogP contribution in [0.15, 0.2) is 54.6 Å². The quantitative estimate of drug-likeness (QED) is 0.453. The number of nitrogens with one attached hydrogen (secondary N) is 2. The highest BCUT2D eigenvalue weighted by molar-refractivity contribution is 6.04. The van der Waals surface area contributed by atoms with Gasteiger partial charge in [0, 0.05) is 53.9 Å². The van der Waals surface area contributed by atoms with Crippen molar-refractivity contribution in [3.8, 4) is 0 Å². The van der Waals surface area contributed by atoms with Crippen molar-refractivity contribution in [2.45, 2.75) is 19.8 Å². The Morgan fingerprint density at radius 2 is 1.74 bits per heavy atom. The van der Waals surface area contributed by atoms with Crippen LogP contribution in [-0.4, -0.2) is 33.9 Å². The van der Waals surface area contributed by atoms with Crippen LogP contribution in [0.1, 0.15) is 28.9 Å². The van der Waals surface area contributed by atoms with Gasteiger partial charge in [0.05, 0.1) is 4.92 Å². The molecule has 0 bridgehead atoms. The Bertz CT molecular complexity index is 1110. The summed E-state index contributed by atoms with van der Waals surface area (Å²) in [6.07, 6.45) is 2.35. The van der Waals surface area contributed by atoms with Gasteiger partial charge in [-0.15, -0.1) is 0 Å². The molecule has 0 aliphatic carbocycles. The Labute approximate surface area is 179 Å². The summed E-state index contributed by atoms with van der Waals surface area (Å²) >= 11 is 0. The molecule has 0 unspecified atom stereocenters. The van der Waals surface area contributed by atoms with Gasteiger partial charge in [0.25, 0.3) is 11.6 Å². The highest BCUT2D eigenvalue weighted by Crippen LogP contribution is 2.23. The Kier molecular flexibility index (Phi) is 5.74. The number of aryl methyl sites for hydroxylation is 1. The van der Waals surface area contributed by atoms with Crippen molar-refractivity contribution in [2.24, 2.45) is 0 Å². The predicted octanol–water partition coefficient (Wildman–Crippen LogP) is 4.29. The van der Waals surface area contributed by atoms with E-state index in [2.05, 4.69) is 25.5 Å². The molecule has 9 heteroatoms. The van der Waals surface area contributed by atoms with E-state index in [1.54, 1.807) is 12.1 Å². The fourth-order valence-corrected chi connectivity index (χ4v) is 3.45.